The van der Waals surface area contributed by atoms with Crippen molar-refractivity contribution in [2.75, 3.05) is 5.73 Å². The summed E-state index contributed by atoms with van der Waals surface area (Å²) in [7, 11) is 0. The highest BCUT2D eigenvalue weighted by molar-refractivity contribution is 5.96. The molecular weight excluding hydrogens is 250 g/mol. The molecule has 0 bridgehead atoms. The Balaban J connectivity index is 2.80. The van der Waals surface area contributed by atoms with E-state index in [1.807, 2.05) is 19.9 Å². The third kappa shape index (κ3) is 4.26. The van der Waals surface area contributed by atoms with Crippen LogP contribution in [-0.4, -0.2) is 12.1 Å². The summed E-state index contributed by atoms with van der Waals surface area (Å²) in [6.45, 7) is 8.17. The number of nitrogens with two attached hydrogens (primary N) is 1. The third-order valence-electron chi connectivity index (χ3n) is 3.77. The van der Waals surface area contributed by atoms with E-state index in [0.29, 0.717) is 11.3 Å². The van der Waals surface area contributed by atoms with Crippen molar-refractivity contribution in [1.29, 1.82) is 0 Å². The van der Waals surface area contributed by atoms with E-state index < -0.39 is 0 Å². The minimum Gasteiger partial charge on any atom is -0.459 e. The molecule has 2 N–H and O–H groups in total. The van der Waals surface area contributed by atoms with Crippen LogP contribution in [0.1, 0.15) is 67.4 Å². The standard InChI is InChI=1S/C17H27NO2/c1-5-7-9-14(8-6-2)20-17(19)15-11-10-12(3)13(4)16(15)18/h10-11,14H,5-9,18H2,1-4H3. The predicted octanol–water partition coefficient (Wildman–Crippen LogP) is 4.40. The lowest BCUT2D eigenvalue weighted by Gasteiger charge is -2.18. The Morgan fingerprint density at radius 1 is 1.20 bits per heavy atom. The second-order valence-electron chi connectivity index (χ2n) is 5.43. The number of anilines is 1. The zero-order chi connectivity index (χ0) is 15.1. The number of aryl methyl sites for hydroxylation is 1. The van der Waals surface area contributed by atoms with Crippen LogP contribution in [0.15, 0.2) is 12.1 Å². The zero-order valence-electron chi connectivity index (χ0n) is 13.2. The number of carbonyl (C=O) groups excluding carboxylic acids is 1. The maximum Gasteiger partial charge on any atom is 0.340 e. The van der Waals surface area contributed by atoms with Gasteiger partial charge in [-0.25, -0.2) is 4.79 Å². The summed E-state index contributed by atoms with van der Waals surface area (Å²) >= 11 is 0. The molecule has 0 aliphatic heterocycles. The predicted molar refractivity (Wildman–Crippen MR) is 84.0 cm³/mol. The van der Waals surface area contributed by atoms with Gasteiger partial charge in [0, 0.05) is 5.69 Å². The van der Waals surface area contributed by atoms with Crippen LogP contribution in [-0.2, 0) is 4.74 Å². The molecule has 0 radical (unpaired) electrons. The first kappa shape index (κ1) is 16.5. The van der Waals surface area contributed by atoms with Crippen LogP contribution in [0, 0.1) is 13.8 Å². The Morgan fingerprint density at radius 3 is 2.50 bits per heavy atom. The van der Waals surface area contributed by atoms with E-state index in [-0.39, 0.29) is 12.1 Å². The first-order valence-electron chi connectivity index (χ1n) is 7.57. The van der Waals surface area contributed by atoms with Gasteiger partial charge in [0.05, 0.1) is 5.56 Å². The SMILES string of the molecule is CCCCC(CCC)OC(=O)c1ccc(C)c(C)c1N. The van der Waals surface area contributed by atoms with Crippen LogP contribution >= 0.6 is 0 Å². The van der Waals surface area contributed by atoms with Crippen molar-refractivity contribution in [3.63, 3.8) is 0 Å². The number of carbonyl (C=O) groups is 1. The quantitative estimate of drug-likeness (QED) is 0.593. The molecule has 0 aromatic heterocycles. The van der Waals surface area contributed by atoms with E-state index in [4.69, 9.17) is 10.5 Å². The molecule has 1 atom stereocenters. The summed E-state index contributed by atoms with van der Waals surface area (Å²) in [5.41, 5.74) is 9.12. The van der Waals surface area contributed by atoms with Gasteiger partial charge in [-0.3, -0.25) is 0 Å². The fraction of sp³-hybridized carbons (Fsp3) is 0.588. The Morgan fingerprint density at radius 2 is 1.90 bits per heavy atom. The molecule has 0 heterocycles. The fourth-order valence-electron chi connectivity index (χ4n) is 2.25. The molecule has 112 valence electrons. The van der Waals surface area contributed by atoms with Crippen molar-refractivity contribution in [3.05, 3.63) is 28.8 Å². The van der Waals surface area contributed by atoms with Crippen molar-refractivity contribution < 1.29 is 9.53 Å². The van der Waals surface area contributed by atoms with Gasteiger partial charge in [0.2, 0.25) is 0 Å². The van der Waals surface area contributed by atoms with Crippen LogP contribution in [0.4, 0.5) is 5.69 Å². The number of unbranched alkanes of at least 4 members (excludes halogenated alkanes) is 1. The van der Waals surface area contributed by atoms with Crippen LogP contribution in [0.25, 0.3) is 0 Å². The van der Waals surface area contributed by atoms with Crippen LogP contribution in [0.3, 0.4) is 0 Å². The Bertz CT molecular complexity index is 455. The van der Waals surface area contributed by atoms with Crippen molar-refractivity contribution in [3.8, 4) is 0 Å². The van der Waals surface area contributed by atoms with Crippen molar-refractivity contribution in [1.82, 2.24) is 0 Å². The van der Waals surface area contributed by atoms with Crippen LogP contribution in [0.5, 0.6) is 0 Å². The van der Waals surface area contributed by atoms with Gasteiger partial charge in [0.25, 0.3) is 0 Å². The van der Waals surface area contributed by atoms with E-state index >= 15 is 0 Å². The van der Waals surface area contributed by atoms with Crippen molar-refractivity contribution in [2.24, 2.45) is 0 Å². The molecule has 1 aromatic rings. The highest BCUT2D eigenvalue weighted by Gasteiger charge is 2.18. The summed E-state index contributed by atoms with van der Waals surface area (Å²) in [5.74, 6) is -0.292. The molecule has 1 unspecified atom stereocenters. The van der Waals surface area contributed by atoms with Crippen LogP contribution in [0.2, 0.25) is 0 Å². The van der Waals surface area contributed by atoms with Gasteiger partial charge >= 0.3 is 5.97 Å². The number of nitrogen functional groups attached to an aromatic ring is 1. The summed E-state index contributed by atoms with van der Waals surface area (Å²) in [6, 6.07) is 3.69. The van der Waals surface area contributed by atoms with E-state index in [9.17, 15) is 4.79 Å². The highest BCUT2D eigenvalue weighted by atomic mass is 16.5. The average molecular weight is 277 g/mol. The molecule has 0 saturated heterocycles. The number of benzene rings is 1. The minimum atomic E-state index is -0.292. The molecular formula is C17H27NO2. The summed E-state index contributed by atoms with van der Waals surface area (Å²) < 4.78 is 5.64. The summed E-state index contributed by atoms with van der Waals surface area (Å²) in [4.78, 5) is 12.3. The highest BCUT2D eigenvalue weighted by Crippen LogP contribution is 2.22. The van der Waals surface area contributed by atoms with Gasteiger partial charge in [-0.15, -0.1) is 0 Å². The lowest BCUT2D eigenvalue weighted by molar-refractivity contribution is 0.0256. The molecule has 1 aromatic carbocycles. The van der Waals surface area contributed by atoms with Gasteiger partial charge < -0.3 is 10.5 Å². The fourth-order valence-corrected chi connectivity index (χ4v) is 2.25. The van der Waals surface area contributed by atoms with Gasteiger partial charge in [-0.1, -0.05) is 39.2 Å². The summed E-state index contributed by atoms with van der Waals surface area (Å²) in [6.07, 6.45) is 5.07. The van der Waals surface area contributed by atoms with E-state index in [2.05, 4.69) is 13.8 Å². The number of esters is 1. The molecule has 3 heteroatoms. The first-order chi connectivity index (χ1) is 9.51. The lowest BCUT2D eigenvalue weighted by Crippen LogP contribution is -2.19. The molecule has 0 fully saturated rings. The molecule has 3 nitrogen and oxygen atoms in total. The van der Waals surface area contributed by atoms with Crippen molar-refractivity contribution in [2.45, 2.75) is 65.9 Å². The topological polar surface area (TPSA) is 52.3 Å². The molecule has 20 heavy (non-hydrogen) atoms. The third-order valence-corrected chi connectivity index (χ3v) is 3.77. The largest absolute Gasteiger partial charge is 0.459 e. The maximum atomic E-state index is 12.3. The second-order valence-corrected chi connectivity index (χ2v) is 5.43. The van der Waals surface area contributed by atoms with Gasteiger partial charge in [-0.2, -0.15) is 0 Å². The summed E-state index contributed by atoms with van der Waals surface area (Å²) in [5, 5.41) is 0. The van der Waals surface area contributed by atoms with Gasteiger partial charge in [0.1, 0.15) is 6.10 Å². The molecule has 0 aliphatic carbocycles. The smallest absolute Gasteiger partial charge is 0.340 e. The monoisotopic (exact) mass is 277 g/mol. The average Bonchev–Trinajstić information content (AvgIpc) is 2.42. The first-order valence-corrected chi connectivity index (χ1v) is 7.57. The van der Waals surface area contributed by atoms with E-state index in [1.165, 1.54) is 0 Å². The molecule has 0 saturated carbocycles. The van der Waals surface area contributed by atoms with Crippen LogP contribution < -0.4 is 5.73 Å². The Hall–Kier alpha value is -1.51. The zero-order valence-corrected chi connectivity index (χ0v) is 13.2. The maximum absolute atomic E-state index is 12.3. The number of ether oxygens (including phenoxy) is 1. The number of rotatable bonds is 7. The van der Waals surface area contributed by atoms with Crippen molar-refractivity contribution >= 4 is 11.7 Å². The molecule has 0 amide bonds. The normalized spacial score (nSPS) is 12.2. The Labute approximate surface area is 122 Å². The Kier molecular flexibility index (Phi) is 6.56. The molecule has 0 aliphatic rings. The van der Waals surface area contributed by atoms with E-state index in [0.717, 1.165) is 43.2 Å². The second kappa shape index (κ2) is 7.93. The van der Waals surface area contributed by atoms with E-state index in [1.54, 1.807) is 6.07 Å². The van der Waals surface area contributed by atoms with Gasteiger partial charge in [0.15, 0.2) is 0 Å². The number of hydrogen-bond donors (Lipinski definition) is 1. The molecule has 0 spiro atoms. The lowest BCUT2D eigenvalue weighted by atomic mass is 10.0. The molecule has 1 rings (SSSR count). The minimum absolute atomic E-state index is 0.00783. The van der Waals surface area contributed by atoms with Gasteiger partial charge in [-0.05, 0) is 43.9 Å². The number of hydrogen-bond acceptors (Lipinski definition) is 3.